The number of carbonyl (C=O) groups excluding carboxylic acids is 1. The molecule has 30 heavy (non-hydrogen) atoms. The van der Waals surface area contributed by atoms with Crippen LogP contribution in [0.1, 0.15) is 42.6 Å². The van der Waals surface area contributed by atoms with Crippen LogP contribution in [0, 0.1) is 0 Å². The van der Waals surface area contributed by atoms with Gasteiger partial charge in [-0.2, -0.15) is 9.29 Å². The van der Waals surface area contributed by atoms with E-state index in [9.17, 15) is 13.2 Å². The highest BCUT2D eigenvalue weighted by Gasteiger charge is 2.35. The lowest BCUT2D eigenvalue weighted by Crippen LogP contribution is -2.30. The highest BCUT2D eigenvalue weighted by atomic mass is 32.2. The first-order valence-electron chi connectivity index (χ1n) is 9.58. The first-order valence-corrected chi connectivity index (χ1v) is 11.4. The van der Waals surface area contributed by atoms with Crippen molar-refractivity contribution in [2.45, 2.75) is 38.3 Å². The van der Waals surface area contributed by atoms with Crippen LogP contribution in [0.4, 0.5) is 0 Å². The third-order valence-corrected chi connectivity index (χ3v) is 6.23. The Morgan fingerprint density at radius 1 is 1.33 bits per heavy atom. The van der Waals surface area contributed by atoms with E-state index in [1.54, 1.807) is 32.4 Å². The molecule has 0 spiro atoms. The fraction of sp³-hybridized carbons (Fsp3) is 0.526. The van der Waals surface area contributed by atoms with Gasteiger partial charge in [0.1, 0.15) is 11.5 Å². The average Bonchev–Trinajstić information content (AvgIpc) is 3.39. The highest BCUT2D eigenvalue weighted by Crippen LogP contribution is 2.32. The van der Waals surface area contributed by atoms with Gasteiger partial charge in [0.25, 0.3) is 0 Å². The molecule has 1 aromatic carbocycles. The number of hydrogen-bond acceptors (Lipinski definition) is 8. The first-order chi connectivity index (χ1) is 14.3. The maximum atomic E-state index is 12.2. The monoisotopic (exact) mass is 438 g/mol. The fourth-order valence-electron chi connectivity index (χ4n) is 3.42. The Labute approximate surface area is 175 Å². The minimum atomic E-state index is -3.33. The van der Waals surface area contributed by atoms with Gasteiger partial charge in [-0.25, -0.2) is 8.42 Å². The molecule has 1 amide bonds. The summed E-state index contributed by atoms with van der Waals surface area (Å²) in [4.78, 5) is 16.5. The lowest BCUT2D eigenvalue weighted by molar-refractivity contribution is -0.121. The number of methoxy groups -OCH3 is 2. The maximum absolute atomic E-state index is 12.2. The molecule has 3 rings (SSSR count). The number of ether oxygens (including phenoxy) is 2. The molecular formula is C19H26N4O6S. The molecule has 0 bridgehead atoms. The summed E-state index contributed by atoms with van der Waals surface area (Å²) in [6.07, 6.45) is 2.99. The van der Waals surface area contributed by atoms with Crippen molar-refractivity contribution in [1.29, 1.82) is 0 Å². The molecule has 1 aliphatic rings. The summed E-state index contributed by atoms with van der Waals surface area (Å²) < 4.78 is 40.9. The zero-order chi connectivity index (χ0) is 21.7. The van der Waals surface area contributed by atoms with Crippen molar-refractivity contribution in [2.75, 3.05) is 27.0 Å². The number of nitrogens with zero attached hydrogens (tertiary/aromatic N) is 3. The Kier molecular flexibility index (Phi) is 6.93. The molecule has 164 valence electrons. The van der Waals surface area contributed by atoms with Crippen LogP contribution in [0.3, 0.4) is 0 Å². The van der Waals surface area contributed by atoms with Crippen molar-refractivity contribution in [3.63, 3.8) is 0 Å². The number of rotatable bonds is 9. The van der Waals surface area contributed by atoms with Crippen LogP contribution in [-0.4, -0.2) is 55.8 Å². The van der Waals surface area contributed by atoms with Crippen molar-refractivity contribution in [3.05, 3.63) is 35.5 Å². The Hall–Kier alpha value is -2.66. The Balaban J connectivity index is 1.54. The summed E-state index contributed by atoms with van der Waals surface area (Å²) in [6, 6.07) is 4.96. The predicted octanol–water partition coefficient (Wildman–Crippen LogP) is 1.43. The molecule has 1 fully saturated rings. The van der Waals surface area contributed by atoms with Crippen molar-refractivity contribution >= 4 is 15.9 Å². The predicted molar refractivity (Wildman–Crippen MR) is 108 cm³/mol. The van der Waals surface area contributed by atoms with Gasteiger partial charge in [0, 0.05) is 31.5 Å². The van der Waals surface area contributed by atoms with Crippen LogP contribution in [0.5, 0.6) is 11.5 Å². The van der Waals surface area contributed by atoms with Gasteiger partial charge in [-0.05, 0) is 31.0 Å². The SMILES string of the molecule is COc1ccc(OC)c(CNC(=O)CCc2nc(C3CCCN3S(C)(=O)=O)no2)c1. The van der Waals surface area contributed by atoms with E-state index in [1.807, 2.05) is 0 Å². The summed E-state index contributed by atoms with van der Waals surface area (Å²) in [7, 11) is -0.195. The molecule has 0 radical (unpaired) electrons. The minimum absolute atomic E-state index is 0.161. The third-order valence-electron chi connectivity index (χ3n) is 4.94. The summed E-state index contributed by atoms with van der Waals surface area (Å²) >= 11 is 0. The molecule has 11 heteroatoms. The first kappa shape index (κ1) is 22.0. The second kappa shape index (κ2) is 9.43. The molecule has 1 unspecified atom stereocenters. The van der Waals surface area contributed by atoms with Crippen LogP contribution in [0.2, 0.25) is 0 Å². The van der Waals surface area contributed by atoms with E-state index < -0.39 is 16.1 Å². The van der Waals surface area contributed by atoms with E-state index in [-0.39, 0.29) is 18.7 Å². The van der Waals surface area contributed by atoms with Crippen molar-refractivity contribution < 1.29 is 27.2 Å². The lowest BCUT2D eigenvalue weighted by Gasteiger charge is -2.18. The molecule has 1 N–H and O–H groups in total. The van der Waals surface area contributed by atoms with Gasteiger partial charge >= 0.3 is 0 Å². The largest absolute Gasteiger partial charge is 0.497 e. The number of hydrogen-bond donors (Lipinski definition) is 1. The third kappa shape index (κ3) is 5.28. The van der Waals surface area contributed by atoms with Crippen molar-refractivity contribution in [3.8, 4) is 11.5 Å². The normalized spacial score (nSPS) is 17.1. The molecule has 0 saturated carbocycles. The molecular weight excluding hydrogens is 412 g/mol. The molecule has 2 heterocycles. The molecule has 10 nitrogen and oxygen atoms in total. The summed E-state index contributed by atoms with van der Waals surface area (Å²) in [6.45, 7) is 0.739. The summed E-state index contributed by atoms with van der Waals surface area (Å²) in [5.41, 5.74) is 0.798. The van der Waals surface area contributed by atoms with Gasteiger partial charge in [-0.1, -0.05) is 5.16 Å². The minimum Gasteiger partial charge on any atom is -0.497 e. The van der Waals surface area contributed by atoms with E-state index in [1.165, 1.54) is 10.6 Å². The summed E-state index contributed by atoms with van der Waals surface area (Å²) in [5, 5.41) is 6.75. The Morgan fingerprint density at radius 3 is 2.83 bits per heavy atom. The number of amides is 1. The topological polar surface area (TPSA) is 124 Å². The number of sulfonamides is 1. The number of aryl methyl sites for hydroxylation is 1. The van der Waals surface area contributed by atoms with Gasteiger partial charge in [0.2, 0.25) is 21.8 Å². The van der Waals surface area contributed by atoms with E-state index in [0.29, 0.717) is 42.7 Å². The zero-order valence-electron chi connectivity index (χ0n) is 17.3. The maximum Gasteiger partial charge on any atom is 0.227 e. The quantitative estimate of drug-likeness (QED) is 0.624. The number of aromatic nitrogens is 2. The van der Waals surface area contributed by atoms with Crippen LogP contribution < -0.4 is 14.8 Å². The standard InChI is InChI=1S/C19H26N4O6S/c1-27-14-6-7-16(28-2)13(11-14)12-20-17(24)8-9-18-21-19(22-29-18)15-5-4-10-23(15)30(3,25)26/h6-7,11,15H,4-5,8-10,12H2,1-3H3,(H,20,24). The number of benzene rings is 1. The Bertz CT molecular complexity index is 991. The molecule has 1 aromatic heterocycles. The van der Waals surface area contributed by atoms with Gasteiger partial charge in [0.15, 0.2) is 5.82 Å². The van der Waals surface area contributed by atoms with E-state index in [4.69, 9.17) is 14.0 Å². The van der Waals surface area contributed by atoms with Crippen molar-refractivity contribution in [2.24, 2.45) is 0 Å². The second-order valence-electron chi connectivity index (χ2n) is 7.03. The summed E-state index contributed by atoms with van der Waals surface area (Å²) in [5.74, 6) is 1.80. The molecule has 0 aliphatic carbocycles. The second-order valence-corrected chi connectivity index (χ2v) is 8.97. The van der Waals surface area contributed by atoms with E-state index >= 15 is 0 Å². The fourth-order valence-corrected chi connectivity index (χ4v) is 4.55. The van der Waals surface area contributed by atoms with Crippen LogP contribution in [-0.2, 0) is 27.8 Å². The number of nitrogens with one attached hydrogen (secondary N) is 1. The van der Waals surface area contributed by atoms with Gasteiger partial charge in [0.05, 0.1) is 26.5 Å². The van der Waals surface area contributed by atoms with E-state index in [2.05, 4.69) is 15.5 Å². The van der Waals surface area contributed by atoms with Crippen molar-refractivity contribution in [1.82, 2.24) is 19.8 Å². The van der Waals surface area contributed by atoms with Crippen LogP contribution in [0.25, 0.3) is 0 Å². The molecule has 2 aromatic rings. The lowest BCUT2D eigenvalue weighted by atomic mass is 10.2. The smallest absolute Gasteiger partial charge is 0.227 e. The van der Waals surface area contributed by atoms with Gasteiger partial charge < -0.3 is 19.3 Å². The molecule has 1 aliphatic heterocycles. The van der Waals surface area contributed by atoms with Gasteiger partial charge in [-0.15, -0.1) is 0 Å². The Morgan fingerprint density at radius 2 is 2.13 bits per heavy atom. The average molecular weight is 439 g/mol. The van der Waals surface area contributed by atoms with Crippen LogP contribution in [0.15, 0.2) is 22.7 Å². The highest BCUT2D eigenvalue weighted by molar-refractivity contribution is 7.88. The molecule has 1 atom stereocenters. The number of carbonyl (C=O) groups is 1. The van der Waals surface area contributed by atoms with Crippen LogP contribution >= 0.6 is 0 Å². The zero-order valence-corrected chi connectivity index (χ0v) is 18.1. The van der Waals surface area contributed by atoms with E-state index in [0.717, 1.165) is 12.0 Å². The molecule has 1 saturated heterocycles. The van der Waals surface area contributed by atoms with Gasteiger partial charge in [-0.3, -0.25) is 4.79 Å².